The van der Waals surface area contributed by atoms with Crippen LogP contribution in [0.2, 0.25) is 0 Å². The van der Waals surface area contributed by atoms with E-state index in [9.17, 15) is 0 Å². The molecule has 1 aliphatic carbocycles. The number of fused-ring (bicyclic) bond motifs is 1. The molecule has 1 aliphatic rings. The molecule has 0 aliphatic heterocycles. The molecule has 0 fully saturated rings. The van der Waals surface area contributed by atoms with Crippen LogP contribution in [0.25, 0.3) is 6.08 Å². The fourth-order valence-corrected chi connectivity index (χ4v) is 1.85. The second kappa shape index (κ2) is 3.55. The highest BCUT2D eigenvalue weighted by molar-refractivity contribution is 5.70. The maximum atomic E-state index is 8.61. The van der Waals surface area contributed by atoms with Crippen LogP contribution in [0.3, 0.4) is 0 Å². The van der Waals surface area contributed by atoms with Crippen molar-refractivity contribution in [2.75, 3.05) is 5.73 Å². The van der Waals surface area contributed by atoms with Gasteiger partial charge in [0.05, 0.1) is 12.5 Å². The summed E-state index contributed by atoms with van der Waals surface area (Å²) in [4.78, 5) is 0. The van der Waals surface area contributed by atoms with Crippen LogP contribution in [0, 0.1) is 11.3 Å². The summed E-state index contributed by atoms with van der Waals surface area (Å²) in [5.41, 5.74) is 10.1. The van der Waals surface area contributed by atoms with Gasteiger partial charge in [-0.05, 0) is 30.0 Å². The van der Waals surface area contributed by atoms with Gasteiger partial charge in [-0.1, -0.05) is 18.2 Å². The molecule has 1 aromatic rings. The van der Waals surface area contributed by atoms with Gasteiger partial charge in [0.15, 0.2) is 0 Å². The molecule has 2 heteroatoms. The number of anilines is 1. The average molecular weight is 184 g/mol. The number of nitrogens with two attached hydrogens (primary N) is 1. The summed E-state index contributed by atoms with van der Waals surface area (Å²) in [5.74, 6) is 0. The molecule has 0 amide bonds. The monoisotopic (exact) mass is 184 g/mol. The summed E-state index contributed by atoms with van der Waals surface area (Å²) >= 11 is 0. The molecule has 0 radical (unpaired) electrons. The predicted molar refractivity (Wildman–Crippen MR) is 57.5 cm³/mol. The van der Waals surface area contributed by atoms with Gasteiger partial charge in [0.25, 0.3) is 0 Å². The number of rotatable bonds is 1. The highest BCUT2D eigenvalue weighted by Crippen LogP contribution is 2.26. The van der Waals surface area contributed by atoms with Crippen molar-refractivity contribution in [1.29, 1.82) is 5.26 Å². The van der Waals surface area contributed by atoms with Gasteiger partial charge in [0.1, 0.15) is 0 Å². The zero-order valence-corrected chi connectivity index (χ0v) is 7.96. The quantitative estimate of drug-likeness (QED) is 0.681. The molecule has 14 heavy (non-hydrogen) atoms. The normalized spacial score (nSPS) is 13.4. The smallest absolute Gasteiger partial charge is 0.0669 e. The molecular weight excluding hydrogens is 172 g/mol. The second-order valence-corrected chi connectivity index (χ2v) is 3.53. The fourth-order valence-electron chi connectivity index (χ4n) is 1.85. The van der Waals surface area contributed by atoms with Crippen molar-refractivity contribution >= 4 is 11.8 Å². The first-order chi connectivity index (χ1) is 6.81. The third-order valence-electron chi connectivity index (χ3n) is 2.51. The minimum atomic E-state index is 0.446. The summed E-state index contributed by atoms with van der Waals surface area (Å²) in [6.45, 7) is 0. The number of hydrogen-bond acceptors (Lipinski definition) is 2. The molecule has 0 saturated carbocycles. The molecule has 0 saturated heterocycles. The van der Waals surface area contributed by atoms with E-state index in [1.54, 1.807) is 0 Å². The highest BCUT2D eigenvalue weighted by Gasteiger charge is 2.08. The first-order valence-corrected chi connectivity index (χ1v) is 4.76. The van der Waals surface area contributed by atoms with Gasteiger partial charge < -0.3 is 5.73 Å². The first kappa shape index (κ1) is 8.83. The third-order valence-corrected chi connectivity index (χ3v) is 2.51. The Morgan fingerprint density at radius 1 is 1.43 bits per heavy atom. The molecule has 2 rings (SSSR count). The van der Waals surface area contributed by atoms with Gasteiger partial charge in [-0.15, -0.1) is 0 Å². The van der Waals surface area contributed by atoms with Crippen molar-refractivity contribution in [3.63, 3.8) is 0 Å². The number of hydrogen-bond donors (Lipinski definition) is 1. The van der Waals surface area contributed by atoms with Gasteiger partial charge in [-0.2, -0.15) is 5.26 Å². The minimum absolute atomic E-state index is 0.446. The molecule has 0 bridgehead atoms. The van der Waals surface area contributed by atoms with Crippen LogP contribution in [-0.4, -0.2) is 0 Å². The Bertz CT molecular complexity index is 425. The lowest BCUT2D eigenvalue weighted by Crippen LogP contribution is -2.01. The average Bonchev–Trinajstić information content (AvgIpc) is 2.18. The van der Waals surface area contributed by atoms with Gasteiger partial charge in [0.2, 0.25) is 0 Å². The summed E-state index contributed by atoms with van der Waals surface area (Å²) in [6, 6.07) is 6.14. The Hall–Kier alpha value is -1.75. The predicted octanol–water partition coefficient (Wildman–Crippen LogP) is 2.29. The van der Waals surface area contributed by atoms with Crippen LogP contribution in [-0.2, 0) is 12.8 Å². The Labute approximate surface area is 83.7 Å². The molecular formula is C12H12N2. The van der Waals surface area contributed by atoms with Crippen LogP contribution in [0.4, 0.5) is 5.69 Å². The van der Waals surface area contributed by atoms with E-state index < -0.39 is 0 Å². The van der Waals surface area contributed by atoms with E-state index in [2.05, 4.69) is 24.3 Å². The first-order valence-electron chi connectivity index (χ1n) is 4.76. The summed E-state index contributed by atoms with van der Waals surface area (Å²) in [6.07, 6.45) is 6.77. The molecule has 0 aromatic heterocycles. The van der Waals surface area contributed by atoms with E-state index in [1.807, 2.05) is 6.07 Å². The van der Waals surface area contributed by atoms with Crippen LogP contribution in [0.15, 0.2) is 18.2 Å². The maximum Gasteiger partial charge on any atom is 0.0669 e. The Morgan fingerprint density at radius 3 is 3.07 bits per heavy atom. The van der Waals surface area contributed by atoms with Crippen LogP contribution < -0.4 is 5.73 Å². The van der Waals surface area contributed by atoms with Gasteiger partial charge in [0, 0.05) is 11.3 Å². The zero-order chi connectivity index (χ0) is 9.97. The van der Waals surface area contributed by atoms with Crippen molar-refractivity contribution in [3.8, 4) is 6.07 Å². The Balaban J connectivity index is 2.49. The number of nitrogen functional groups attached to an aromatic ring is 1. The standard InChI is InChI=1S/C12H12N2/c13-6-5-9-7-10-3-1-2-4-11(10)12(14)8-9/h2,4,7-8H,1,3,5,14H2. The molecule has 2 nitrogen and oxygen atoms in total. The van der Waals surface area contributed by atoms with Crippen molar-refractivity contribution in [2.45, 2.75) is 19.3 Å². The molecule has 70 valence electrons. The van der Waals surface area contributed by atoms with Crippen molar-refractivity contribution < 1.29 is 0 Å². The van der Waals surface area contributed by atoms with E-state index in [1.165, 1.54) is 5.56 Å². The van der Waals surface area contributed by atoms with Crippen molar-refractivity contribution in [1.82, 2.24) is 0 Å². The third kappa shape index (κ3) is 1.49. The fraction of sp³-hybridized carbons (Fsp3) is 0.250. The van der Waals surface area contributed by atoms with E-state index in [4.69, 9.17) is 11.0 Å². The Morgan fingerprint density at radius 2 is 2.29 bits per heavy atom. The van der Waals surface area contributed by atoms with Gasteiger partial charge in [-0.25, -0.2) is 0 Å². The number of nitrogens with zero attached hydrogens (tertiary/aromatic N) is 1. The maximum absolute atomic E-state index is 8.61. The second-order valence-electron chi connectivity index (χ2n) is 3.53. The van der Waals surface area contributed by atoms with E-state index in [0.717, 1.165) is 29.7 Å². The molecule has 2 N–H and O–H groups in total. The number of benzene rings is 1. The van der Waals surface area contributed by atoms with E-state index in [0.29, 0.717) is 6.42 Å². The lowest BCUT2D eigenvalue weighted by Gasteiger charge is -2.13. The summed E-state index contributed by atoms with van der Waals surface area (Å²) in [7, 11) is 0. The van der Waals surface area contributed by atoms with E-state index >= 15 is 0 Å². The largest absolute Gasteiger partial charge is 0.398 e. The number of allylic oxidation sites excluding steroid dienone is 1. The molecule has 0 unspecified atom stereocenters. The molecule has 0 spiro atoms. The lowest BCUT2D eigenvalue weighted by molar-refractivity contribution is 0.981. The number of aryl methyl sites for hydroxylation is 1. The topological polar surface area (TPSA) is 49.8 Å². The van der Waals surface area contributed by atoms with Gasteiger partial charge >= 0.3 is 0 Å². The van der Waals surface area contributed by atoms with Crippen LogP contribution in [0.1, 0.15) is 23.1 Å². The van der Waals surface area contributed by atoms with Crippen LogP contribution in [0.5, 0.6) is 0 Å². The van der Waals surface area contributed by atoms with Crippen LogP contribution >= 0.6 is 0 Å². The molecule has 1 aromatic carbocycles. The molecule has 0 heterocycles. The summed E-state index contributed by atoms with van der Waals surface area (Å²) < 4.78 is 0. The van der Waals surface area contributed by atoms with E-state index in [-0.39, 0.29) is 0 Å². The SMILES string of the molecule is N#CCc1cc(N)c2c(c1)CCC=C2. The van der Waals surface area contributed by atoms with Crippen molar-refractivity contribution in [2.24, 2.45) is 0 Å². The van der Waals surface area contributed by atoms with Crippen molar-refractivity contribution in [3.05, 3.63) is 34.9 Å². The Kier molecular flexibility index (Phi) is 2.24. The lowest BCUT2D eigenvalue weighted by atomic mass is 9.93. The zero-order valence-electron chi connectivity index (χ0n) is 7.96. The summed E-state index contributed by atoms with van der Waals surface area (Å²) in [5, 5.41) is 8.61. The number of nitriles is 1. The minimum Gasteiger partial charge on any atom is -0.398 e. The molecule has 0 atom stereocenters. The highest BCUT2D eigenvalue weighted by atomic mass is 14.6. The van der Waals surface area contributed by atoms with Gasteiger partial charge in [-0.3, -0.25) is 0 Å².